The van der Waals surface area contributed by atoms with E-state index in [0.29, 0.717) is 59.8 Å². The molecule has 35 heavy (non-hydrogen) atoms. The van der Waals surface area contributed by atoms with Crippen LogP contribution in [0.15, 0.2) is 36.0 Å². The van der Waals surface area contributed by atoms with Gasteiger partial charge in [-0.15, -0.1) is 11.3 Å². The van der Waals surface area contributed by atoms with Gasteiger partial charge in [0.2, 0.25) is 6.86 Å². The first-order valence-electron chi connectivity index (χ1n) is 11.0. The number of carbonyl (C=O) groups excluding carboxylic acids is 2. The minimum atomic E-state index is -0.968. The highest BCUT2D eigenvalue weighted by atomic mass is 35.5. The molecule has 0 radical (unpaired) electrons. The number of amides is 1. The third-order valence-corrected chi connectivity index (χ3v) is 6.40. The Morgan fingerprint density at radius 1 is 1.23 bits per heavy atom. The summed E-state index contributed by atoms with van der Waals surface area (Å²) in [6, 6.07) is 4.80. The molecule has 1 saturated heterocycles. The quantitative estimate of drug-likeness (QED) is 0.431. The molecule has 0 bridgehead atoms. The SMILES string of the molecule is CCOC(=O)C1CCN(c2cnc(C(=O)Nc3nc(-c4cc(Cl)cc(OCF)c4)cs3)cn2)CC1. The van der Waals surface area contributed by atoms with Gasteiger partial charge in [-0.25, -0.2) is 19.3 Å². The molecule has 9 nitrogen and oxygen atoms in total. The lowest BCUT2D eigenvalue weighted by atomic mass is 9.97. The predicted octanol–water partition coefficient (Wildman–Crippen LogP) is 4.59. The molecule has 2 aromatic heterocycles. The number of aromatic nitrogens is 3. The van der Waals surface area contributed by atoms with E-state index in [1.54, 1.807) is 30.6 Å². The second-order valence-electron chi connectivity index (χ2n) is 7.69. The molecule has 3 aromatic rings. The molecule has 0 atom stereocenters. The van der Waals surface area contributed by atoms with Crippen LogP contribution in [0.2, 0.25) is 5.02 Å². The molecule has 12 heteroatoms. The van der Waals surface area contributed by atoms with Crippen LogP contribution >= 0.6 is 22.9 Å². The zero-order valence-corrected chi connectivity index (χ0v) is 20.4. The summed E-state index contributed by atoms with van der Waals surface area (Å²) in [5, 5.41) is 5.20. The number of hydrogen-bond acceptors (Lipinski definition) is 9. The van der Waals surface area contributed by atoms with Crippen molar-refractivity contribution in [3.8, 4) is 17.0 Å². The van der Waals surface area contributed by atoms with Crippen LogP contribution in [0, 0.1) is 5.92 Å². The topological polar surface area (TPSA) is 107 Å². The highest BCUT2D eigenvalue weighted by molar-refractivity contribution is 7.14. The molecule has 1 fully saturated rings. The number of benzene rings is 1. The van der Waals surface area contributed by atoms with E-state index in [-0.39, 0.29) is 23.3 Å². The van der Waals surface area contributed by atoms with Crippen LogP contribution in [0.25, 0.3) is 11.3 Å². The van der Waals surface area contributed by atoms with Crippen LogP contribution in [0.5, 0.6) is 5.75 Å². The van der Waals surface area contributed by atoms with Gasteiger partial charge in [0, 0.05) is 29.1 Å². The van der Waals surface area contributed by atoms with E-state index in [0.717, 1.165) is 0 Å². The van der Waals surface area contributed by atoms with Crippen LogP contribution in [-0.2, 0) is 9.53 Å². The Labute approximate surface area is 210 Å². The second-order valence-corrected chi connectivity index (χ2v) is 8.99. The molecule has 1 aromatic carbocycles. The molecule has 1 amide bonds. The van der Waals surface area contributed by atoms with Crippen molar-refractivity contribution >= 4 is 45.8 Å². The number of carbonyl (C=O) groups is 2. The van der Waals surface area contributed by atoms with Gasteiger partial charge >= 0.3 is 5.97 Å². The van der Waals surface area contributed by atoms with Crippen molar-refractivity contribution in [1.29, 1.82) is 0 Å². The number of alkyl halides is 1. The van der Waals surface area contributed by atoms with Gasteiger partial charge in [-0.1, -0.05) is 11.6 Å². The normalized spacial score (nSPS) is 14.0. The number of nitrogens with one attached hydrogen (secondary N) is 1. The van der Waals surface area contributed by atoms with Crippen LogP contribution in [0.1, 0.15) is 30.3 Å². The number of rotatable bonds is 8. The lowest BCUT2D eigenvalue weighted by Crippen LogP contribution is -2.37. The number of nitrogens with zero attached hydrogens (tertiary/aromatic N) is 4. The van der Waals surface area contributed by atoms with E-state index < -0.39 is 12.8 Å². The number of halogens is 2. The first-order chi connectivity index (χ1) is 17.0. The monoisotopic (exact) mass is 519 g/mol. The summed E-state index contributed by atoms with van der Waals surface area (Å²) in [7, 11) is 0. The van der Waals surface area contributed by atoms with Crippen LogP contribution in [0.4, 0.5) is 15.3 Å². The van der Waals surface area contributed by atoms with Crippen molar-refractivity contribution in [1.82, 2.24) is 15.0 Å². The van der Waals surface area contributed by atoms with Crippen molar-refractivity contribution in [3.05, 3.63) is 46.7 Å². The van der Waals surface area contributed by atoms with Crippen molar-refractivity contribution in [2.75, 3.05) is 36.8 Å². The van der Waals surface area contributed by atoms with Gasteiger partial charge in [0.05, 0.1) is 30.6 Å². The number of anilines is 2. The van der Waals surface area contributed by atoms with E-state index in [1.807, 2.05) is 4.90 Å². The summed E-state index contributed by atoms with van der Waals surface area (Å²) in [6.45, 7) is 2.53. The van der Waals surface area contributed by atoms with Crippen molar-refractivity contribution in [2.24, 2.45) is 5.92 Å². The lowest BCUT2D eigenvalue weighted by molar-refractivity contribution is -0.148. The molecular weight excluding hydrogens is 497 g/mol. The number of hydrogen-bond donors (Lipinski definition) is 1. The van der Waals surface area contributed by atoms with Crippen LogP contribution in [-0.4, -0.2) is 53.4 Å². The third kappa shape index (κ3) is 6.23. The van der Waals surface area contributed by atoms with Crippen molar-refractivity contribution in [2.45, 2.75) is 19.8 Å². The van der Waals surface area contributed by atoms with Gasteiger partial charge in [0.1, 0.15) is 17.3 Å². The van der Waals surface area contributed by atoms with Gasteiger partial charge < -0.3 is 14.4 Å². The Bertz CT molecular complexity index is 1180. The van der Waals surface area contributed by atoms with Gasteiger partial charge in [0.25, 0.3) is 5.91 Å². The minimum Gasteiger partial charge on any atom is -0.466 e. The Morgan fingerprint density at radius 2 is 2.03 bits per heavy atom. The maximum absolute atomic E-state index is 12.6. The predicted molar refractivity (Wildman–Crippen MR) is 131 cm³/mol. The van der Waals surface area contributed by atoms with Gasteiger partial charge in [0.15, 0.2) is 5.13 Å². The zero-order valence-electron chi connectivity index (χ0n) is 18.9. The molecule has 3 heterocycles. The zero-order chi connectivity index (χ0) is 24.8. The minimum absolute atomic E-state index is 0.0953. The van der Waals surface area contributed by atoms with Crippen LogP contribution < -0.4 is 15.0 Å². The summed E-state index contributed by atoms with van der Waals surface area (Å²) in [5.74, 6) is 0.238. The standard InChI is InChI=1S/C23H23ClFN5O4S/c1-2-33-22(32)14-3-5-30(6-4-14)20-11-26-18(10-27-20)21(31)29-23-28-19(12-35-23)15-7-16(24)9-17(8-15)34-13-25/h7-12,14H,2-6,13H2,1H3,(H,28,29,31). The molecular formula is C23H23ClFN5O4S. The van der Waals surface area contributed by atoms with E-state index in [9.17, 15) is 14.0 Å². The number of piperidine rings is 1. The lowest BCUT2D eigenvalue weighted by Gasteiger charge is -2.31. The third-order valence-electron chi connectivity index (χ3n) is 5.42. The molecule has 0 spiro atoms. The summed E-state index contributed by atoms with van der Waals surface area (Å²) in [4.78, 5) is 39.6. The molecule has 184 valence electrons. The molecule has 1 aliphatic rings. The molecule has 0 saturated carbocycles. The van der Waals surface area contributed by atoms with E-state index in [1.165, 1.54) is 23.6 Å². The Hall–Kier alpha value is -3.31. The van der Waals surface area contributed by atoms with Gasteiger partial charge in [-0.05, 0) is 38.0 Å². The second kappa shape index (κ2) is 11.4. The fourth-order valence-corrected chi connectivity index (χ4v) is 4.63. The average molecular weight is 520 g/mol. The van der Waals surface area contributed by atoms with E-state index in [4.69, 9.17) is 21.1 Å². The molecule has 1 N–H and O–H groups in total. The van der Waals surface area contributed by atoms with Crippen LogP contribution in [0.3, 0.4) is 0 Å². The number of thiazole rings is 1. The fraction of sp³-hybridized carbons (Fsp3) is 0.348. The van der Waals surface area contributed by atoms with Crippen molar-refractivity contribution in [3.63, 3.8) is 0 Å². The smallest absolute Gasteiger partial charge is 0.309 e. The highest BCUT2D eigenvalue weighted by Crippen LogP contribution is 2.31. The first-order valence-corrected chi connectivity index (χ1v) is 12.2. The first kappa shape index (κ1) is 24.8. The van der Waals surface area contributed by atoms with E-state index >= 15 is 0 Å². The number of esters is 1. The Morgan fingerprint density at radius 3 is 2.71 bits per heavy atom. The highest BCUT2D eigenvalue weighted by Gasteiger charge is 2.26. The molecule has 0 unspecified atom stereocenters. The average Bonchev–Trinajstić information content (AvgIpc) is 3.33. The Balaban J connectivity index is 1.36. The van der Waals surface area contributed by atoms with Gasteiger partial charge in [-0.3, -0.25) is 14.9 Å². The van der Waals surface area contributed by atoms with E-state index in [2.05, 4.69) is 20.3 Å². The summed E-state index contributed by atoms with van der Waals surface area (Å²) in [5.41, 5.74) is 1.34. The van der Waals surface area contributed by atoms with Gasteiger partial charge in [-0.2, -0.15) is 0 Å². The molecule has 0 aliphatic carbocycles. The molecule has 4 rings (SSSR count). The maximum Gasteiger partial charge on any atom is 0.309 e. The number of ether oxygens (including phenoxy) is 2. The van der Waals surface area contributed by atoms with Crippen molar-refractivity contribution < 1.29 is 23.5 Å². The largest absolute Gasteiger partial charge is 0.466 e. The molecule has 1 aliphatic heterocycles. The Kier molecular flexibility index (Phi) is 8.09. The summed E-state index contributed by atoms with van der Waals surface area (Å²) in [6.07, 6.45) is 4.33. The summed E-state index contributed by atoms with van der Waals surface area (Å²) >= 11 is 7.30. The summed E-state index contributed by atoms with van der Waals surface area (Å²) < 4.78 is 22.5. The maximum atomic E-state index is 12.6. The fourth-order valence-electron chi connectivity index (χ4n) is 3.69.